The van der Waals surface area contributed by atoms with E-state index in [0.717, 1.165) is 5.56 Å². The first-order valence-corrected chi connectivity index (χ1v) is 8.87. The van der Waals surface area contributed by atoms with Crippen LogP contribution >= 0.6 is 0 Å². The number of hydroxylamine groups is 2. The monoisotopic (exact) mass is 339 g/mol. The molecule has 0 saturated carbocycles. The molecule has 2 atom stereocenters. The summed E-state index contributed by atoms with van der Waals surface area (Å²) in [5.74, 6) is 0. The molecule has 126 valence electrons. The average molecular weight is 339 g/mol. The van der Waals surface area contributed by atoms with Crippen molar-refractivity contribution in [2.75, 3.05) is 33.9 Å². The van der Waals surface area contributed by atoms with Gasteiger partial charge in [-0.15, -0.1) is 0 Å². The lowest BCUT2D eigenvalue weighted by atomic mass is 10.0. The highest BCUT2D eigenvalue weighted by molar-refractivity contribution is 7.90. The van der Waals surface area contributed by atoms with Crippen molar-refractivity contribution < 1.29 is 18.0 Å². The zero-order valence-electron chi connectivity index (χ0n) is 13.2. The van der Waals surface area contributed by atoms with Crippen molar-refractivity contribution in [3.05, 3.63) is 35.4 Å². The number of nitrogens with zero attached hydrogens (tertiary/aromatic N) is 2. The summed E-state index contributed by atoms with van der Waals surface area (Å²) in [6, 6.07) is 8.52. The molecule has 0 bridgehead atoms. The molecule has 8 heteroatoms. The number of hydrogen-bond donors (Lipinski definition) is 1. The van der Waals surface area contributed by atoms with Crippen LogP contribution in [0.1, 0.15) is 23.6 Å². The first kappa shape index (κ1) is 17.8. The van der Waals surface area contributed by atoms with Gasteiger partial charge in [0.15, 0.2) is 0 Å². The van der Waals surface area contributed by atoms with Crippen LogP contribution in [0.25, 0.3) is 0 Å². The predicted octanol–water partition coefficient (Wildman–Crippen LogP) is 0.801. The van der Waals surface area contributed by atoms with E-state index < -0.39 is 21.3 Å². The minimum absolute atomic E-state index is 0.0980. The van der Waals surface area contributed by atoms with Crippen molar-refractivity contribution in [3.63, 3.8) is 0 Å². The molecule has 1 aromatic carbocycles. The first-order chi connectivity index (χ1) is 11.0. The molecule has 1 N–H and O–H groups in total. The number of nitriles is 1. The van der Waals surface area contributed by atoms with Gasteiger partial charge in [-0.1, -0.05) is 12.1 Å². The van der Waals surface area contributed by atoms with Gasteiger partial charge in [0.2, 0.25) is 10.0 Å². The summed E-state index contributed by atoms with van der Waals surface area (Å²) in [5, 5.41) is 9.72. The van der Waals surface area contributed by atoms with E-state index in [1.54, 1.807) is 43.5 Å². The van der Waals surface area contributed by atoms with E-state index in [2.05, 4.69) is 4.72 Å². The Labute approximate surface area is 136 Å². The Morgan fingerprint density at radius 2 is 2.13 bits per heavy atom. The summed E-state index contributed by atoms with van der Waals surface area (Å²) in [5.41, 5.74) is 1.34. The molecule has 1 aromatic rings. The molecule has 0 spiro atoms. The van der Waals surface area contributed by atoms with Gasteiger partial charge in [-0.25, -0.2) is 13.1 Å². The Morgan fingerprint density at radius 1 is 1.43 bits per heavy atom. The average Bonchev–Trinajstić information content (AvgIpc) is 2.94. The van der Waals surface area contributed by atoms with Crippen LogP contribution < -0.4 is 4.72 Å². The molecule has 0 aliphatic carbocycles. The van der Waals surface area contributed by atoms with Crippen LogP contribution in [-0.4, -0.2) is 52.6 Å². The van der Waals surface area contributed by atoms with Gasteiger partial charge in [-0.3, -0.25) is 4.84 Å². The molecule has 1 saturated heterocycles. The third kappa shape index (κ3) is 4.28. The van der Waals surface area contributed by atoms with Gasteiger partial charge >= 0.3 is 0 Å². The quantitative estimate of drug-likeness (QED) is 0.739. The molecule has 1 aliphatic heterocycles. The zero-order chi connectivity index (χ0) is 16.9. The summed E-state index contributed by atoms with van der Waals surface area (Å²) >= 11 is 0. The predicted molar refractivity (Wildman–Crippen MR) is 84.8 cm³/mol. The Hall–Kier alpha value is -1.50. The first-order valence-electron chi connectivity index (χ1n) is 7.33. The molecule has 7 nitrogen and oxygen atoms in total. The van der Waals surface area contributed by atoms with Gasteiger partial charge in [-0.2, -0.15) is 10.3 Å². The highest BCUT2D eigenvalue weighted by Crippen LogP contribution is 2.33. The van der Waals surface area contributed by atoms with Gasteiger partial charge in [0, 0.05) is 27.3 Å². The maximum absolute atomic E-state index is 12.5. The van der Waals surface area contributed by atoms with E-state index >= 15 is 0 Å². The third-order valence-corrected chi connectivity index (χ3v) is 5.59. The summed E-state index contributed by atoms with van der Waals surface area (Å²) in [7, 11) is -0.233. The lowest BCUT2D eigenvalue weighted by molar-refractivity contribution is -0.110. The second-order valence-corrected chi connectivity index (χ2v) is 7.33. The second-order valence-electron chi connectivity index (χ2n) is 5.34. The van der Waals surface area contributed by atoms with Crippen molar-refractivity contribution in [2.24, 2.45) is 0 Å². The Kier molecular flexibility index (Phi) is 6.10. The molecule has 23 heavy (non-hydrogen) atoms. The largest absolute Gasteiger partial charge is 0.385 e. The van der Waals surface area contributed by atoms with Crippen molar-refractivity contribution in [1.29, 1.82) is 5.26 Å². The van der Waals surface area contributed by atoms with Crippen LogP contribution in [0.2, 0.25) is 0 Å². The molecular weight excluding hydrogens is 318 g/mol. The van der Waals surface area contributed by atoms with E-state index in [0.29, 0.717) is 25.1 Å². The van der Waals surface area contributed by atoms with Gasteiger partial charge in [0.25, 0.3) is 0 Å². The molecule has 1 heterocycles. The van der Waals surface area contributed by atoms with E-state index in [9.17, 15) is 8.42 Å². The molecule has 2 rings (SSSR count). The van der Waals surface area contributed by atoms with E-state index in [-0.39, 0.29) is 6.61 Å². The lowest BCUT2D eigenvalue weighted by Gasteiger charge is -2.23. The number of sulfonamides is 1. The summed E-state index contributed by atoms with van der Waals surface area (Å²) in [6.45, 7) is 0.930. The number of rotatable bonds is 7. The Bertz CT molecular complexity index is 654. The third-order valence-electron chi connectivity index (χ3n) is 3.79. The fraction of sp³-hybridized carbons (Fsp3) is 0.533. The van der Waals surface area contributed by atoms with Crippen LogP contribution in [0.4, 0.5) is 0 Å². The molecule has 1 fully saturated rings. The Morgan fingerprint density at radius 3 is 2.74 bits per heavy atom. The van der Waals surface area contributed by atoms with Crippen LogP contribution in [0, 0.1) is 11.3 Å². The maximum Gasteiger partial charge on any atom is 0.218 e. The fourth-order valence-electron chi connectivity index (χ4n) is 2.57. The SMILES string of the molecule is COCCCNS(=O)(=O)C1CON(C)C1c1ccc(C#N)cc1. The topological polar surface area (TPSA) is 91.7 Å². The van der Waals surface area contributed by atoms with Crippen molar-refractivity contribution in [3.8, 4) is 6.07 Å². The smallest absolute Gasteiger partial charge is 0.218 e. The van der Waals surface area contributed by atoms with Gasteiger partial charge in [-0.05, 0) is 24.1 Å². The Balaban J connectivity index is 2.15. The summed E-state index contributed by atoms with van der Waals surface area (Å²) < 4.78 is 32.6. The van der Waals surface area contributed by atoms with Gasteiger partial charge < -0.3 is 4.74 Å². The number of benzene rings is 1. The van der Waals surface area contributed by atoms with Crippen molar-refractivity contribution >= 4 is 10.0 Å². The molecule has 2 unspecified atom stereocenters. The summed E-state index contributed by atoms with van der Waals surface area (Å²) in [6.07, 6.45) is 0.612. The van der Waals surface area contributed by atoms with Gasteiger partial charge in [0.1, 0.15) is 5.25 Å². The minimum Gasteiger partial charge on any atom is -0.385 e. The fourth-order valence-corrected chi connectivity index (χ4v) is 4.12. The standard InChI is InChI=1S/C15H21N3O4S/c1-18-15(13-6-4-12(10-16)5-7-13)14(11-22-18)23(19,20)17-8-3-9-21-2/h4-7,14-15,17H,3,8-9,11H2,1-2H3. The maximum atomic E-state index is 12.5. The lowest BCUT2D eigenvalue weighted by Crippen LogP contribution is -2.39. The zero-order valence-corrected chi connectivity index (χ0v) is 14.0. The molecule has 0 radical (unpaired) electrons. The number of hydrogen-bond acceptors (Lipinski definition) is 6. The summed E-state index contributed by atoms with van der Waals surface area (Å²) in [4.78, 5) is 5.43. The van der Waals surface area contributed by atoms with E-state index in [4.69, 9.17) is 14.8 Å². The van der Waals surface area contributed by atoms with Crippen LogP contribution in [0.5, 0.6) is 0 Å². The molecule has 1 aliphatic rings. The number of ether oxygens (including phenoxy) is 1. The number of methoxy groups -OCH3 is 1. The molecule has 0 amide bonds. The van der Waals surface area contributed by atoms with Crippen LogP contribution in [0.15, 0.2) is 24.3 Å². The van der Waals surface area contributed by atoms with E-state index in [1.807, 2.05) is 6.07 Å². The number of nitrogens with one attached hydrogen (secondary N) is 1. The second kappa shape index (κ2) is 7.86. The normalized spacial score (nSPS) is 22.1. The molecule has 0 aromatic heterocycles. The highest BCUT2D eigenvalue weighted by atomic mass is 32.2. The minimum atomic E-state index is -3.52. The molecular formula is C15H21N3O4S. The van der Waals surface area contributed by atoms with E-state index in [1.165, 1.54) is 0 Å². The van der Waals surface area contributed by atoms with Crippen LogP contribution in [-0.2, 0) is 19.6 Å². The van der Waals surface area contributed by atoms with Crippen LogP contribution in [0.3, 0.4) is 0 Å². The van der Waals surface area contributed by atoms with Gasteiger partial charge in [0.05, 0.1) is 24.3 Å². The van der Waals surface area contributed by atoms with Crippen molar-refractivity contribution in [2.45, 2.75) is 17.7 Å². The van der Waals surface area contributed by atoms with Crippen molar-refractivity contribution in [1.82, 2.24) is 9.79 Å². The highest BCUT2D eigenvalue weighted by Gasteiger charge is 2.42.